The Bertz CT molecular complexity index is 515. The van der Waals surface area contributed by atoms with Gasteiger partial charge in [0.25, 0.3) is 10.0 Å². The average Bonchev–Trinajstić information content (AvgIpc) is 2.47. The minimum Gasteiger partial charge on any atom is -0.550 e. The molecule has 16 heavy (non-hydrogen) atoms. The van der Waals surface area contributed by atoms with Crippen LogP contribution in [0.4, 0.5) is 0 Å². The van der Waals surface area contributed by atoms with Crippen LogP contribution < -0.4 is 5.11 Å². The highest BCUT2D eigenvalue weighted by Gasteiger charge is 2.38. The number of carbonyl (C=O) groups is 1. The fourth-order valence-corrected chi connectivity index (χ4v) is 2.93. The molecule has 2 heterocycles. The first kappa shape index (κ1) is 11.1. The highest BCUT2D eigenvalue weighted by Crippen LogP contribution is 2.23. The quantitative estimate of drug-likeness (QED) is 0.600. The summed E-state index contributed by atoms with van der Waals surface area (Å²) in [7, 11) is -1.98. The lowest BCUT2D eigenvalue weighted by Gasteiger charge is -2.37. The van der Waals surface area contributed by atoms with Crippen LogP contribution in [0.1, 0.15) is 0 Å². The van der Waals surface area contributed by atoms with E-state index >= 15 is 0 Å². The lowest BCUT2D eigenvalue weighted by Crippen LogP contribution is -2.56. The second kappa shape index (κ2) is 3.56. The van der Waals surface area contributed by atoms with Gasteiger partial charge in [0.2, 0.25) is 0 Å². The number of aryl methyl sites for hydroxylation is 1. The van der Waals surface area contributed by atoms with E-state index in [1.807, 2.05) is 0 Å². The Balaban J connectivity index is 2.14. The molecular weight excluding hydrogens is 234 g/mol. The van der Waals surface area contributed by atoms with Crippen molar-refractivity contribution in [2.24, 2.45) is 13.0 Å². The minimum atomic E-state index is -3.64. The molecule has 0 saturated carbocycles. The van der Waals surface area contributed by atoms with Gasteiger partial charge in [-0.05, 0) is 0 Å². The third kappa shape index (κ3) is 1.69. The SMILES string of the molecule is Cn1cnc(S(=O)(=O)N2CC(C(=O)[O-])C2)c1. The number of hydrogen-bond donors (Lipinski definition) is 0. The van der Waals surface area contributed by atoms with Crippen molar-refractivity contribution in [3.8, 4) is 0 Å². The fraction of sp³-hybridized carbons (Fsp3) is 0.500. The Hall–Kier alpha value is -1.41. The maximum atomic E-state index is 11.8. The summed E-state index contributed by atoms with van der Waals surface area (Å²) < 4.78 is 26.3. The van der Waals surface area contributed by atoms with Gasteiger partial charge in [0.05, 0.1) is 6.33 Å². The molecule has 7 nitrogen and oxygen atoms in total. The highest BCUT2D eigenvalue weighted by atomic mass is 32.2. The maximum absolute atomic E-state index is 11.8. The summed E-state index contributed by atoms with van der Waals surface area (Å²) in [6, 6.07) is 0. The van der Waals surface area contributed by atoms with Crippen LogP contribution in [-0.2, 0) is 21.9 Å². The van der Waals surface area contributed by atoms with Gasteiger partial charge in [0, 0.05) is 38.2 Å². The molecule has 0 unspecified atom stereocenters. The number of imidazole rings is 1. The van der Waals surface area contributed by atoms with Gasteiger partial charge < -0.3 is 14.5 Å². The molecule has 1 aromatic rings. The summed E-state index contributed by atoms with van der Waals surface area (Å²) in [5.41, 5.74) is 0. The van der Waals surface area contributed by atoms with Gasteiger partial charge in [0.15, 0.2) is 5.03 Å². The van der Waals surface area contributed by atoms with Crippen LogP contribution in [0.25, 0.3) is 0 Å². The molecule has 1 aliphatic heterocycles. The lowest BCUT2D eigenvalue weighted by molar-refractivity contribution is -0.314. The molecule has 0 aromatic carbocycles. The molecule has 1 saturated heterocycles. The first-order valence-corrected chi connectivity index (χ1v) is 6.04. The molecule has 0 N–H and O–H groups in total. The molecule has 2 rings (SSSR count). The number of aromatic nitrogens is 2. The Labute approximate surface area is 92.4 Å². The minimum absolute atomic E-state index is 0.0404. The maximum Gasteiger partial charge on any atom is 0.262 e. The van der Waals surface area contributed by atoms with Crippen LogP contribution in [0.15, 0.2) is 17.6 Å². The largest absolute Gasteiger partial charge is 0.550 e. The van der Waals surface area contributed by atoms with Gasteiger partial charge in [-0.25, -0.2) is 13.4 Å². The summed E-state index contributed by atoms with van der Waals surface area (Å²) in [4.78, 5) is 14.2. The lowest BCUT2D eigenvalue weighted by atomic mass is 10.0. The van der Waals surface area contributed by atoms with Crippen molar-refractivity contribution >= 4 is 16.0 Å². The number of aliphatic carboxylic acids is 1. The summed E-state index contributed by atoms with van der Waals surface area (Å²) in [6.07, 6.45) is 2.75. The van der Waals surface area contributed by atoms with Gasteiger partial charge in [0.1, 0.15) is 0 Å². The van der Waals surface area contributed by atoms with Crippen molar-refractivity contribution in [2.75, 3.05) is 13.1 Å². The first-order chi connectivity index (χ1) is 7.41. The van der Waals surface area contributed by atoms with E-state index in [4.69, 9.17) is 0 Å². The van der Waals surface area contributed by atoms with Crippen molar-refractivity contribution in [3.63, 3.8) is 0 Å². The molecule has 1 aliphatic rings. The molecule has 88 valence electrons. The smallest absolute Gasteiger partial charge is 0.262 e. The molecule has 0 bridgehead atoms. The average molecular weight is 244 g/mol. The monoisotopic (exact) mass is 244 g/mol. The third-order valence-electron chi connectivity index (χ3n) is 2.47. The topological polar surface area (TPSA) is 95.3 Å². The van der Waals surface area contributed by atoms with E-state index in [9.17, 15) is 18.3 Å². The molecule has 8 heteroatoms. The van der Waals surface area contributed by atoms with E-state index in [0.717, 1.165) is 4.31 Å². The highest BCUT2D eigenvalue weighted by molar-refractivity contribution is 7.89. The molecule has 0 amide bonds. The van der Waals surface area contributed by atoms with Crippen LogP contribution in [0.5, 0.6) is 0 Å². The zero-order chi connectivity index (χ0) is 11.9. The van der Waals surface area contributed by atoms with Crippen LogP contribution in [-0.4, -0.2) is 41.3 Å². The summed E-state index contributed by atoms with van der Waals surface area (Å²) in [6.45, 7) is -0.0809. The van der Waals surface area contributed by atoms with Crippen LogP contribution in [0.2, 0.25) is 0 Å². The van der Waals surface area contributed by atoms with Gasteiger partial charge in [-0.2, -0.15) is 4.31 Å². The van der Waals surface area contributed by atoms with Crippen molar-refractivity contribution < 1.29 is 18.3 Å². The second-order valence-electron chi connectivity index (χ2n) is 3.72. The summed E-state index contributed by atoms with van der Waals surface area (Å²) >= 11 is 0. The predicted octanol–water partition coefficient (Wildman–Crippen LogP) is -2.21. The summed E-state index contributed by atoms with van der Waals surface area (Å²) in [5.74, 6) is -1.93. The van der Waals surface area contributed by atoms with E-state index in [1.165, 1.54) is 17.1 Å². The molecule has 1 fully saturated rings. The predicted molar refractivity (Wildman–Crippen MR) is 50.5 cm³/mol. The normalized spacial score (nSPS) is 18.3. The van der Waals surface area contributed by atoms with Crippen LogP contribution >= 0.6 is 0 Å². The molecular formula is C8H10N3O4S-. The first-order valence-electron chi connectivity index (χ1n) is 4.60. The van der Waals surface area contributed by atoms with Crippen molar-refractivity contribution in [2.45, 2.75) is 5.03 Å². The fourth-order valence-electron chi connectivity index (χ4n) is 1.44. The van der Waals surface area contributed by atoms with E-state index in [0.29, 0.717) is 0 Å². The number of nitrogens with zero attached hydrogens (tertiary/aromatic N) is 3. The van der Waals surface area contributed by atoms with E-state index in [-0.39, 0.29) is 18.1 Å². The third-order valence-corrected chi connectivity index (χ3v) is 4.18. The molecule has 0 radical (unpaired) electrons. The zero-order valence-electron chi connectivity index (χ0n) is 8.53. The molecule has 0 spiro atoms. The Morgan fingerprint density at radius 2 is 2.19 bits per heavy atom. The van der Waals surface area contributed by atoms with Gasteiger partial charge in [-0.1, -0.05) is 0 Å². The number of carbonyl (C=O) groups excluding carboxylic acids is 1. The number of carboxylic acids is 1. The van der Waals surface area contributed by atoms with Crippen molar-refractivity contribution in [1.82, 2.24) is 13.9 Å². The van der Waals surface area contributed by atoms with Crippen LogP contribution in [0, 0.1) is 5.92 Å². The number of carboxylic acid groups (broad SMARTS) is 1. The second-order valence-corrected chi connectivity index (χ2v) is 5.60. The van der Waals surface area contributed by atoms with E-state index in [1.54, 1.807) is 7.05 Å². The zero-order valence-corrected chi connectivity index (χ0v) is 9.35. The molecule has 0 aliphatic carbocycles. The van der Waals surface area contributed by atoms with Gasteiger partial charge in [-0.3, -0.25) is 0 Å². The van der Waals surface area contributed by atoms with E-state index < -0.39 is 21.9 Å². The Morgan fingerprint density at radius 1 is 1.56 bits per heavy atom. The molecule has 0 atom stereocenters. The van der Waals surface area contributed by atoms with Crippen molar-refractivity contribution in [1.29, 1.82) is 0 Å². The van der Waals surface area contributed by atoms with Gasteiger partial charge in [-0.15, -0.1) is 0 Å². The standard InChI is InChI=1S/C8H11N3O4S/c1-10-4-7(9-5-10)16(14,15)11-2-6(3-11)8(12)13/h4-6H,2-3H2,1H3,(H,12,13)/p-1. The van der Waals surface area contributed by atoms with Gasteiger partial charge >= 0.3 is 0 Å². The molecule has 1 aromatic heterocycles. The Kier molecular flexibility index (Phi) is 2.47. The van der Waals surface area contributed by atoms with E-state index in [2.05, 4.69) is 4.98 Å². The number of hydrogen-bond acceptors (Lipinski definition) is 5. The Morgan fingerprint density at radius 3 is 2.62 bits per heavy atom. The number of rotatable bonds is 3. The number of sulfonamides is 1. The summed E-state index contributed by atoms with van der Waals surface area (Å²) in [5, 5.41) is 10.4. The van der Waals surface area contributed by atoms with Crippen LogP contribution in [0.3, 0.4) is 0 Å². The van der Waals surface area contributed by atoms with Crippen molar-refractivity contribution in [3.05, 3.63) is 12.5 Å².